The van der Waals surface area contributed by atoms with Crippen molar-refractivity contribution in [2.75, 3.05) is 0 Å². The molecule has 1 atom stereocenters. The van der Waals surface area contributed by atoms with Crippen LogP contribution >= 0.6 is 0 Å². The van der Waals surface area contributed by atoms with Crippen molar-refractivity contribution < 1.29 is 12.8 Å². The third-order valence-corrected chi connectivity index (χ3v) is 2.39. The van der Waals surface area contributed by atoms with Crippen molar-refractivity contribution in [2.24, 2.45) is 5.14 Å². The summed E-state index contributed by atoms with van der Waals surface area (Å²) in [7, 11) is -3.80. The van der Waals surface area contributed by atoms with E-state index >= 15 is 0 Å². The van der Waals surface area contributed by atoms with E-state index in [0.717, 1.165) is 0 Å². The summed E-state index contributed by atoms with van der Waals surface area (Å²) >= 11 is 0. The van der Waals surface area contributed by atoms with Gasteiger partial charge in [-0.05, 0) is 13.0 Å². The fourth-order valence-electron chi connectivity index (χ4n) is 1.14. The summed E-state index contributed by atoms with van der Waals surface area (Å²) in [5.74, 6) is -0.462. The van der Waals surface area contributed by atoms with E-state index < -0.39 is 22.1 Å². The molecule has 0 saturated carbocycles. The number of benzene rings is 1. The molecule has 0 spiro atoms. The Morgan fingerprint density at radius 1 is 1.43 bits per heavy atom. The summed E-state index contributed by atoms with van der Waals surface area (Å²) < 4.78 is 36.6. The van der Waals surface area contributed by atoms with Gasteiger partial charge in [-0.3, -0.25) is 0 Å². The van der Waals surface area contributed by atoms with Crippen molar-refractivity contribution in [3.8, 4) is 0 Å². The van der Waals surface area contributed by atoms with Crippen LogP contribution in [0, 0.1) is 5.82 Å². The van der Waals surface area contributed by atoms with E-state index in [0.29, 0.717) is 0 Å². The van der Waals surface area contributed by atoms with E-state index in [-0.39, 0.29) is 5.56 Å². The standard InChI is InChI=1S/C8H11FN2O2S/c1-6(11-14(10,12)13)7-4-2-3-5-8(7)9/h2-6,11H,1H3,(H2,10,12,13). The number of rotatable bonds is 3. The minimum Gasteiger partial charge on any atom is -0.216 e. The van der Waals surface area contributed by atoms with Crippen LogP contribution < -0.4 is 9.86 Å². The van der Waals surface area contributed by atoms with Gasteiger partial charge in [0.2, 0.25) is 0 Å². The predicted octanol–water partition coefficient (Wildman–Crippen LogP) is 0.680. The highest BCUT2D eigenvalue weighted by Gasteiger charge is 2.13. The van der Waals surface area contributed by atoms with Crippen molar-refractivity contribution in [2.45, 2.75) is 13.0 Å². The van der Waals surface area contributed by atoms with Gasteiger partial charge in [0.15, 0.2) is 0 Å². The summed E-state index contributed by atoms with van der Waals surface area (Å²) in [5.41, 5.74) is 0.265. The van der Waals surface area contributed by atoms with Crippen molar-refractivity contribution >= 4 is 10.2 Å². The van der Waals surface area contributed by atoms with Crippen LogP contribution in [0.3, 0.4) is 0 Å². The number of nitrogens with one attached hydrogen (secondary N) is 1. The van der Waals surface area contributed by atoms with E-state index in [1.807, 2.05) is 0 Å². The summed E-state index contributed by atoms with van der Waals surface area (Å²) in [6, 6.07) is 5.24. The van der Waals surface area contributed by atoms with Gasteiger partial charge in [0.05, 0.1) is 0 Å². The molecule has 4 nitrogen and oxygen atoms in total. The van der Waals surface area contributed by atoms with Crippen molar-refractivity contribution in [3.05, 3.63) is 35.6 Å². The highest BCUT2D eigenvalue weighted by atomic mass is 32.2. The van der Waals surface area contributed by atoms with E-state index in [2.05, 4.69) is 4.72 Å². The fraction of sp³-hybridized carbons (Fsp3) is 0.250. The van der Waals surface area contributed by atoms with Crippen LogP contribution in [-0.2, 0) is 10.2 Å². The molecule has 1 rings (SSSR count). The van der Waals surface area contributed by atoms with Gasteiger partial charge in [0.25, 0.3) is 10.2 Å². The molecule has 0 aromatic heterocycles. The Morgan fingerprint density at radius 2 is 2.00 bits per heavy atom. The van der Waals surface area contributed by atoms with Gasteiger partial charge < -0.3 is 0 Å². The minimum atomic E-state index is -3.80. The first kappa shape index (κ1) is 11.1. The van der Waals surface area contributed by atoms with Crippen LogP contribution in [-0.4, -0.2) is 8.42 Å². The lowest BCUT2D eigenvalue weighted by Gasteiger charge is -2.12. The second kappa shape index (κ2) is 4.04. The van der Waals surface area contributed by atoms with Gasteiger partial charge in [0, 0.05) is 11.6 Å². The molecule has 78 valence electrons. The highest BCUT2D eigenvalue weighted by Crippen LogP contribution is 2.15. The highest BCUT2D eigenvalue weighted by molar-refractivity contribution is 7.87. The van der Waals surface area contributed by atoms with E-state index in [9.17, 15) is 12.8 Å². The third-order valence-electron chi connectivity index (χ3n) is 1.71. The summed E-state index contributed by atoms with van der Waals surface area (Å²) in [4.78, 5) is 0. The van der Waals surface area contributed by atoms with Gasteiger partial charge in [-0.2, -0.15) is 13.1 Å². The predicted molar refractivity (Wildman–Crippen MR) is 51.1 cm³/mol. The third kappa shape index (κ3) is 3.06. The van der Waals surface area contributed by atoms with Crippen LogP contribution in [0.15, 0.2) is 24.3 Å². The molecule has 0 aliphatic carbocycles. The van der Waals surface area contributed by atoms with Crippen LogP contribution in [0.25, 0.3) is 0 Å². The zero-order chi connectivity index (χ0) is 10.8. The van der Waals surface area contributed by atoms with Gasteiger partial charge in [-0.15, -0.1) is 0 Å². The van der Waals surface area contributed by atoms with Crippen LogP contribution in [0.5, 0.6) is 0 Å². The maximum atomic E-state index is 13.1. The summed E-state index contributed by atoms with van der Waals surface area (Å²) in [6.45, 7) is 1.52. The van der Waals surface area contributed by atoms with Crippen LogP contribution in [0.2, 0.25) is 0 Å². The maximum Gasteiger partial charge on any atom is 0.274 e. The molecule has 0 radical (unpaired) electrons. The summed E-state index contributed by atoms with van der Waals surface area (Å²) in [6.07, 6.45) is 0. The fourth-order valence-corrected chi connectivity index (χ4v) is 1.76. The second-order valence-corrected chi connectivity index (χ2v) is 4.23. The first-order valence-corrected chi connectivity index (χ1v) is 5.49. The smallest absolute Gasteiger partial charge is 0.216 e. The maximum absolute atomic E-state index is 13.1. The molecule has 14 heavy (non-hydrogen) atoms. The number of halogens is 1. The normalized spacial score (nSPS) is 13.9. The number of nitrogens with two attached hydrogens (primary N) is 1. The molecule has 1 aromatic rings. The van der Waals surface area contributed by atoms with Crippen molar-refractivity contribution in [3.63, 3.8) is 0 Å². The van der Waals surface area contributed by atoms with Crippen LogP contribution in [0.1, 0.15) is 18.5 Å². The Hall–Kier alpha value is -0.980. The lowest BCUT2D eigenvalue weighted by atomic mass is 10.1. The zero-order valence-corrected chi connectivity index (χ0v) is 8.38. The van der Waals surface area contributed by atoms with Crippen LogP contribution in [0.4, 0.5) is 4.39 Å². The molecule has 1 unspecified atom stereocenters. The lowest BCUT2D eigenvalue weighted by Crippen LogP contribution is -2.33. The molecule has 0 heterocycles. The van der Waals surface area contributed by atoms with E-state index in [4.69, 9.17) is 5.14 Å². The molecule has 0 amide bonds. The number of hydrogen-bond acceptors (Lipinski definition) is 2. The largest absolute Gasteiger partial charge is 0.274 e. The molecular formula is C8H11FN2O2S. The quantitative estimate of drug-likeness (QED) is 0.783. The molecule has 3 N–H and O–H groups in total. The molecule has 0 aliphatic heterocycles. The van der Waals surface area contributed by atoms with Crippen molar-refractivity contribution in [1.82, 2.24) is 4.72 Å². The molecule has 0 bridgehead atoms. The Labute approximate surface area is 82.1 Å². The molecule has 0 saturated heterocycles. The van der Waals surface area contributed by atoms with Gasteiger partial charge in [-0.25, -0.2) is 9.53 Å². The summed E-state index contributed by atoms with van der Waals surface area (Å²) in [5, 5.41) is 4.76. The van der Waals surface area contributed by atoms with Gasteiger partial charge >= 0.3 is 0 Å². The SMILES string of the molecule is CC(NS(N)(=O)=O)c1ccccc1F. The Morgan fingerprint density at radius 3 is 2.50 bits per heavy atom. The first-order valence-electron chi connectivity index (χ1n) is 3.94. The van der Waals surface area contributed by atoms with E-state index in [1.54, 1.807) is 6.07 Å². The number of hydrogen-bond donors (Lipinski definition) is 2. The second-order valence-electron chi connectivity index (χ2n) is 2.91. The van der Waals surface area contributed by atoms with E-state index in [1.165, 1.54) is 25.1 Å². The lowest BCUT2D eigenvalue weighted by molar-refractivity contribution is 0.551. The monoisotopic (exact) mass is 218 g/mol. The molecule has 0 fully saturated rings. The van der Waals surface area contributed by atoms with Gasteiger partial charge in [0.1, 0.15) is 5.82 Å². The Balaban J connectivity index is 2.90. The first-order chi connectivity index (χ1) is 6.40. The molecular weight excluding hydrogens is 207 g/mol. The Kier molecular flexibility index (Phi) is 3.20. The minimum absolute atomic E-state index is 0.265. The molecule has 6 heteroatoms. The molecule has 0 aliphatic rings. The van der Waals surface area contributed by atoms with Gasteiger partial charge in [-0.1, -0.05) is 18.2 Å². The Bertz CT molecular complexity index is 419. The average Bonchev–Trinajstić information content (AvgIpc) is 2.01. The molecule has 1 aromatic carbocycles. The van der Waals surface area contributed by atoms with Crippen molar-refractivity contribution in [1.29, 1.82) is 0 Å². The topological polar surface area (TPSA) is 72.2 Å². The average molecular weight is 218 g/mol. The zero-order valence-electron chi connectivity index (χ0n) is 7.57.